The number of amides is 1. The van der Waals surface area contributed by atoms with Crippen molar-refractivity contribution < 1.29 is 13.2 Å². The molecule has 1 atom stereocenters. The molecule has 2 heterocycles. The van der Waals surface area contributed by atoms with Gasteiger partial charge in [0.25, 0.3) is 0 Å². The van der Waals surface area contributed by atoms with Crippen LogP contribution in [0.25, 0.3) is 11.0 Å². The van der Waals surface area contributed by atoms with Gasteiger partial charge >= 0.3 is 0 Å². The smallest absolute Gasteiger partial charge is 0.243 e. The first kappa shape index (κ1) is 20.8. The number of nitrogens with zero attached hydrogens (tertiary/aromatic N) is 2. The van der Waals surface area contributed by atoms with Gasteiger partial charge in [0.05, 0.1) is 22.0 Å². The van der Waals surface area contributed by atoms with E-state index in [0.717, 1.165) is 11.0 Å². The van der Waals surface area contributed by atoms with Crippen LogP contribution < -0.4 is 5.32 Å². The first-order valence-electron chi connectivity index (χ1n) is 9.85. The van der Waals surface area contributed by atoms with E-state index in [-0.39, 0.29) is 22.8 Å². The van der Waals surface area contributed by atoms with Crippen LogP contribution in [0.2, 0.25) is 5.02 Å². The number of sulfonamides is 1. The summed E-state index contributed by atoms with van der Waals surface area (Å²) in [6.07, 6.45) is 0.955. The van der Waals surface area contributed by atoms with E-state index in [1.165, 1.54) is 16.4 Å². The number of hydrogen-bond acceptors (Lipinski definition) is 4. The van der Waals surface area contributed by atoms with Gasteiger partial charge in [-0.3, -0.25) is 4.79 Å². The molecule has 7 nitrogen and oxygen atoms in total. The maximum atomic E-state index is 12.8. The van der Waals surface area contributed by atoms with E-state index in [1.54, 1.807) is 12.1 Å². The van der Waals surface area contributed by atoms with Crippen LogP contribution in [-0.2, 0) is 14.8 Å². The second-order valence-electron chi connectivity index (χ2n) is 7.50. The number of piperidine rings is 1. The van der Waals surface area contributed by atoms with Crippen molar-refractivity contribution in [2.24, 2.45) is 5.92 Å². The van der Waals surface area contributed by atoms with E-state index < -0.39 is 10.0 Å². The Balaban J connectivity index is 1.36. The van der Waals surface area contributed by atoms with Gasteiger partial charge in [-0.25, -0.2) is 13.4 Å². The summed E-state index contributed by atoms with van der Waals surface area (Å²) in [5.74, 6) is 0.396. The molecule has 158 valence electrons. The molecule has 1 amide bonds. The SMILES string of the molecule is CC(NC(=O)C1CCN(S(=O)(=O)c2ccc(Cl)cc2)CC1)c1nc2ccccc2[nH]1. The number of carbonyl (C=O) groups excluding carboxylic acids is 1. The predicted molar refractivity (Wildman–Crippen MR) is 116 cm³/mol. The van der Waals surface area contributed by atoms with Gasteiger partial charge in [0.2, 0.25) is 15.9 Å². The summed E-state index contributed by atoms with van der Waals surface area (Å²) in [4.78, 5) is 20.7. The monoisotopic (exact) mass is 446 g/mol. The summed E-state index contributed by atoms with van der Waals surface area (Å²) < 4.78 is 27.0. The molecule has 3 aromatic rings. The van der Waals surface area contributed by atoms with Gasteiger partial charge in [-0.2, -0.15) is 4.31 Å². The third kappa shape index (κ3) is 4.21. The number of para-hydroxylation sites is 2. The molecule has 1 unspecified atom stereocenters. The zero-order chi connectivity index (χ0) is 21.3. The first-order chi connectivity index (χ1) is 14.3. The summed E-state index contributed by atoms with van der Waals surface area (Å²) in [5, 5.41) is 3.49. The summed E-state index contributed by atoms with van der Waals surface area (Å²) in [7, 11) is -3.58. The average molecular weight is 447 g/mol. The van der Waals surface area contributed by atoms with Crippen LogP contribution in [0, 0.1) is 5.92 Å². The van der Waals surface area contributed by atoms with Gasteiger partial charge in [-0.05, 0) is 56.2 Å². The number of aromatic nitrogens is 2. The number of imidazole rings is 1. The molecule has 1 fully saturated rings. The molecule has 0 radical (unpaired) electrons. The van der Waals surface area contributed by atoms with Crippen molar-refractivity contribution in [1.29, 1.82) is 0 Å². The lowest BCUT2D eigenvalue weighted by atomic mass is 9.97. The molecule has 0 saturated carbocycles. The molecule has 9 heteroatoms. The van der Waals surface area contributed by atoms with Crippen LogP contribution in [0.15, 0.2) is 53.4 Å². The Labute approximate surface area is 180 Å². The Hall–Kier alpha value is -2.42. The Kier molecular flexibility index (Phi) is 5.81. The molecule has 1 aromatic heterocycles. The van der Waals surface area contributed by atoms with Gasteiger partial charge in [0.15, 0.2) is 0 Å². The van der Waals surface area contributed by atoms with Gasteiger partial charge < -0.3 is 10.3 Å². The fourth-order valence-corrected chi connectivity index (χ4v) is 5.29. The second kappa shape index (κ2) is 8.37. The Morgan fingerprint density at radius 2 is 1.83 bits per heavy atom. The minimum atomic E-state index is -3.58. The van der Waals surface area contributed by atoms with Crippen LogP contribution in [0.3, 0.4) is 0 Å². The fraction of sp³-hybridized carbons (Fsp3) is 0.333. The fourth-order valence-electron chi connectivity index (χ4n) is 3.69. The van der Waals surface area contributed by atoms with E-state index >= 15 is 0 Å². The number of fused-ring (bicyclic) bond motifs is 1. The van der Waals surface area contributed by atoms with Crippen molar-refractivity contribution in [1.82, 2.24) is 19.6 Å². The van der Waals surface area contributed by atoms with Crippen LogP contribution in [0.5, 0.6) is 0 Å². The van der Waals surface area contributed by atoms with Gasteiger partial charge in [-0.15, -0.1) is 0 Å². The predicted octanol–water partition coefficient (Wildman–Crippen LogP) is 3.49. The highest BCUT2D eigenvalue weighted by atomic mass is 35.5. The summed E-state index contributed by atoms with van der Waals surface area (Å²) in [6, 6.07) is 13.6. The van der Waals surface area contributed by atoms with Crippen molar-refractivity contribution in [3.05, 3.63) is 59.4 Å². The summed E-state index contributed by atoms with van der Waals surface area (Å²) in [5.41, 5.74) is 1.78. The molecule has 0 bridgehead atoms. The molecular formula is C21H23ClN4O3S. The average Bonchev–Trinajstić information content (AvgIpc) is 3.18. The topological polar surface area (TPSA) is 95.2 Å². The number of hydrogen-bond donors (Lipinski definition) is 2. The van der Waals surface area contributed by atoms with E-state index in [1.807, 2.05) is 31.2 Å². The van der Waals surface area contributed by atoms with E-state index in [0.29, 0.717) is 36.8 Å². The normalized spacial score (nSPS) is 17.1. The molecular weight excluding hydrogens is 424 g/mol. The van der Waals surface area contributed by atoms with E-state index in [9.17, 15) is 13.2 Å². The van der Waals surface area contributed by atoms with Crippen molar-refractivity contribution in [3.8, 4) is 0 Å². The number of nitrogens with one attached hydrogen (secondary N) is 2. The molecule has 1 aliphatic rings. The number of aromatic amines is 1. The third-order valence-electron chi connectivity index (χ3n) is 5.45. The maximum absolute atomic E-state index is 12.8. The number of halogens is 1. The third-order valence-corrected chi connectivity index (χ3v) is 7.62. The van der Waals surface area contributed by atoms with Crippen molar-refractivity contribution >= 4 is 38.6 Å². The van der Waals surface area contributed by atoms with E-state index in [4.69, 9.17) is 11.6 Å². The molecule has 30 heavy (non-hydrogen) atoms. The van der Waals surface area contributed by atoms with Gasteiger partial charge in [0, 0.05) is 24.0 Å². The molecule has 0 aliphatic carbocycles. The van der Waals surface area contributed by atoms with Crippen molar-refractivity contribution in [3.63, 3.8) is 0 Å². The molecule has 1 saturated heterocycles. The lowest BCUT2D eigenvalue weighted by Crippen LogP contribution is -2.43. The van der Waals surface area contributed by atoms with Crippen LogP contribution >= 0.6 is 11.6 Å². The second-order valence-corrected chi connectivity index (χ2v) is 9.88. The van der Waals surface area contributed by atoms with Crippen molar-refractivity contribution in [2.75, 3.05) is 13.1 Å². The zero-order valence-corrected chi connectivity index (χ0v) is 18.1. The number of H-pyrrole nitrogens is 1. The number of benzene rings is 2. The van der Waals surface area contributed by atoms with Crippen molar-refractivity contribution in [2.45, 2.75) is 30.7 Å². The van der Waals surface area contributed by atoms with E-state index in [2.05, 4.69) is 15.3 Å². The molecule has 2 N–H and O–H groups in total. The highest BCUT2D eigenvalue weighted by Crippen LogP contribution is 2.25. The highest BCUT2D eigenvalue weighted by Gasteiger charge is 2.32. The molecule has 4 rings (SSSR count). The molecule has 1 aliphatic heterocycles. The number of carbonyl (C=O) groups is 1. The maximum Gasteiger partial charge on any atom is 0.243 e. The lowest BCUT2D eigenvalue weighted by Gasteiger charge is -2.31. The summed E-state index contributed by atoms with van der Waals surface area (Å²) >= 11 is 5.85. The largest absolute Gasteiger partial charge is 0.346 e. The Morgan fingerprint density at radius 3 is 2.50 bits per heavy atom. The van der Waals surface area contributed by atoms with Gasteiger partial charge in [-0.1, -0.05) is 23.7 Å². The minimum Gasteiger partial charge on any atom is -0.346 e. The standard InChI is InChI=1S/C21H23ClN4O3S/c1-14(20-24-18-4-2-3-5-19(18)25-20)23-21(27)15-10-12-26(13-11-15)30(28,29)17-8-6-16(22)7-9-17/h2-9,14-15H,10-13H2,1H3,(H,23,27)(H,24,25). The summed E-state index contributed by atoms with van der Waals surface area (Å²) in [6.45, 7) is 2.50. The molecule has 2 aromatic carbocycles. The highest BCUT2D eigenvalue weighted by molar-refractivity contribution is 7.89. The van der Waals surface area contributed by atoms with Crippen LogP contribution in [0.4, 0.5) is 0 Å². The van der Waals surface area contributed by atoms with Gasteiger partial charge in [0.1, 0.15) is 5.82 Å². The minimum absolute atomic E-state index is 0.0773. The molecule has 0 spiro atoms. The quantitative estimate of drug-likeness (QED) is 0.627. The zero-order valence-electron chi connectivity index (χ0n) is 16.5. The van der Waals surface area contributed by atoms with Crippen LogP contribution in [-0.4, -0.2) is 41.7 Å². The van der Waals surface area contributed by atoms with Crippen LogP contribution in [0.1, 0.15) is 31.6 Å². The lowest BCUT2D eigenvalue weighted by molar-refractivity contribution is -0.126. The number of rotatable bonds is 5. The first-order valence-corrected chi connectivity index (χ1v) is 11.7. The Morgan fingerprint density at radius 1 is 1.17 bits per heavy atom. The Bertz CT molecular complexity index is 1120.